The summed E-state index contributed by atoms with van der Waals surface area (Å²) in [7, 11) is 0. The SMILES string of the molecule is O=C(c1ncc(Cl)cc1NSOOc1ccc(Cl)c(C(F)(F)F)c1)N1CCOc2ccc(F)cc21. The molecule has 1 aliphatic rings. The lowest BCUT2D eigenvalue weighted by Crippen LogP contribution is -2.38. The molecule has 14 heteroatoms. The van der Waals surface area contributed by atoms with Crippen LogP contribution in [0.1, 0.15) is 16.1 Å². The number of carbonyl (C=O) groups excluding carboxylic acids is 1. The molecule has 1 aliphatic heterocycles. The van der Waals surface area contributed by atoms with E-state index in [0.29, 0.717) is 24.0 Å². The van der Waals surface area contributed by atoms with E-state index in [-0.39, 0.29) is 41.0 Å². The van der Waals surface area contributed by atoms with Crippen molar-refractivity contribution < 1.29 is 36.3 Å². The molecule has 7 nitrogen and oxygen atoms in total. The largest absolute Gasteiger partial charge is 0.490 e. The van der Waals surface area contributed by atoms with Crippen LogP contribution in [0.4, 0.5) is 28.9 Å². The van der Waals surface area contributed by atoms with Crippen molar-refractivity contribution in [3.05, 3.63) is 75.8 Å². The number of halogens is 6. The van der Waals surface area contributed by atoms with Crippen molar-refractivity contribution in [2.24, 2.45) is 0 Å². The van der Waals surface area contributed by atoms with Crippen LogP contribution >= 0.6 is 35.4 Å². The summed E-state index contributed by atoms with van der Waals surface area (Å²) in [6, 6.07) is 8.06. The maximum atomic E-state index is 13.8. The van der Waals surface area contributed by atoms with Crippen molar-refractivity contribution in [2.45, 2.75) is 6.18 Å². The molecule has 35 heavy (non-hydrogen) atoms. The molecule has 3 aromatic rings. The van der Waals surface area contributed by atoms with Crippen molar-refractivity contribution >= 4 is 52.7 Å². The Balaban J connectivity index is 1.47. The normalized spacial score (nSPS) is 13.1. The number of benzene rings is 2. The second-order valence-corrected chi connectivity index (χ2v) is 8.29. The fraction of sp³-hybridized carbons (Fsp3) is 0.143. The molecule has 2 heterocycles. The average Bonchev–Trinajstić information content (AvgIpc) is 2.81. The summed E-state index contributed by atoms with van der Waals surface area (Å²) in [5, 5.41) is -0.306. The fourth-order valence-electron chi connectivity index (χ4n) is 3.11. The summed E-state index contributed by atoms with van der Waals surface area (Å²) >= 11 is 12.0. The van der Waals surface area contributed by atoms with Gasteiger partial charge in [0.2, 0.25) is 0 Å². The average molecular weight is 550 g/mol. The number of hydrogen-bond acceptors (Lipinski definition) is 7. The Hall–Kier alpha value is -2.93. The monoisotopic (exact) mass is 549 g/mol. The smallest absolute Gasteiger partial charge is 0.417 e. The molecule has 0 unspecified atom stereocenters. The van der Waals surface area contributed by atoms with Gasteiger partial charge >= 0.3 is 6.18 Å². The van der Waals surface area contributed by atoms with E-state index < -0.39 is 28.5 Å². The molecule has 0 atom stereocenters. The van der Waals surface area contributed by atoms with Crippen LogP contribution in [-0.2, 0) is 10.5 Å². The molecule has 0 saturated carbocycles. The van der Waals surface area contributed by atoms with Gasteiger partial charge in [-0.15, -0.1) is 0 Å². The van der Waals surface area contributed by atoms with Crippen LogP contribution < -0.4 is 19.2 Å². The molecule has 0 fully saturated rings. The van der Waals surface area contributed by atoms with Gasteiger partial charge in [-0.2, -0.15) is 13.2 Å². The molecular formula is C21H13Cl2F4N3O4S. The Morgan fingerprint density at radius 3 is 2.74 bits per heavy atom. The molecule has 0 bridgehead atoms. The highest BCUT2D eigenvalue weighted by atomic mass is 35.5. The van der Waals surface area contributed by atoms with E-state index in [0.717, 1.165) is 6.07 Å². The Bertz CT molecular complexity index is 1270. The zero-order valence-electron chi connectivity index (χ0n) is 17.2. The zero-order chi connectivity index (χ0) is 25.2. The number of rotatable bonds is 6. The first-order valence-electron chi connectivity index (χ1n) is 9.66. The zero-order valence-corrected chi connectivity index (χ0v) is 19.6. The fourth-order valence-corrected chi connectivity index (χ4v) is 3.88. The van der Waals surface area contributed by atoms with Gasteiger partial charge in [-0.25, -0.2) is 9.37 Å². The lowest BCUT2D eigenvalue weighted by Gasteiger charge is -2.29. The van der Waals surface area contributed by atoms with Crippen molar-refractivity contribution in [1.82, 2.24) is 4.98 Å². The molecule has 0 saturated heterocycles. The van der Waals surface area contributed by atoms with Gasteiger partial charge < -0.3 is 14.3 Å². The van der Waals surface area contributed by atoms with Gasteiger partial charge in [-0.1, -0.05) is 27.5 Å². The number of aromatic nitrogens is 1. The van der Waals surface area contributed by atoms with Gasteiger partial charge in [0.1, 0.15) is 18.2 Å². The summed E-state index contributed by atoms with van der Waals surface area (Å²) in [4.78, 5) is 23.5. The van der Waals surface area contributed by atoms with Gasteiger partial charge in [-0.05, 0) is 36.4 Å². The highest BCUT2D eigenvalue weighted by Gasteiger charge is 2.34. The van der Waals surface area contributed by atoms with E-state index in [2.05, 4.69) is 9.71 Å². The third-order valence-electron chi connectivity index (χ3n) is 4.65. The number of fused-ring (bicyclic) bond motifs is 1. The number of pyridine rings is 1. The van der Waals surface area contributed by atoms with Gasteiger partial charge in [0.15, 0.2) is 23.7 Å². The number of hydrogen-bond donors (Lipinski definition) is 1. The molecule has 1 N–H and O–H groups in total. The molecule has 0 aliphatic carbocycles. The van der Waals surface area contributed by atoms with Crippen LogP contribution in [-0.4, -0.2) is 24.0 Å². The van der Waals surface area contributed by atoms with Crippen molar-refractivity contribution in [3.8, 4) is 11.5 Å². The predicted octanol–water partition coefficient (Wildman–Crippen LogP) is 6.57. The van der Waals surface area contributed by atoms with Gasteiger partial charge in [0.05, 0.1) is 33.5 Å². The van der Waals surface area contributed by atoms with E-state index in [4.69, 9.17) is 37.2 Å². The number of ether oxygens (including phenoxy) is 1. The van der Waals surface area contributed by atoms with E-state index in [1.807, 2.05) is 0 Å². The van der Waals surface area contributed by atoms with Gasteiger partial charge in [0.25, 0.3) is 5.91 Å². The van der Waals surface area contributed by atoms with Crippen molar-refractivity contribution in [3.63, 3.8) is 0 Å². The topological polar surface area (TPSA) is 72.9 Å². The minimum absolute atomic E-state index is 0.0755. The predicted molar refractivity (Wildman–Crippen MR) is 122 cm³/mol. The van der Waals surface area contributed by atoms with Crippen LogP contribution in [0.5, 0.6) is 11.5 Å². The Morgan fingerprint density at radius 2 is 1.97 bits per heavy atom. The van der Waals surface area contributed by atoms with Crippen LogP contribution in [0.2, 0.25) is 10.0 Å². The molecule has 184 valence electrons. The summed E-state index contributed by atoms with van der Waals surface area (Å²) in [5.41, 5.74) is -0.812. The molecule has 0 radical (unpaired) electrons. The van der Waals surface area contributed by atoms with Gasteiger partial charge in [-0.3, -0.25) is 9.69 Å². The highest BCUT2D eigenvalue weighted by Crippen LogP contribution is 2.37. The van der Waals surface area contributed by atoms with Crippen molar-refractivity contribution in [1.29, 1.82) is 0 Å². The number of alkyl halides is 3. The van der Waals surface area contributed by atoms with Crippen LogP contribution in [0.15, 0.2) is 48.7 Å². The van der Waals surface area contributed by atoms with Crippen LogP contribution in [0.3, 0.4) is 0 Å². The standard InChI is InChI=1S/C21H13Cl2F4N3O4S/c22-11-7-16(29-35-34-33-13-2-3-15(23)14(9-13)21(25,26)27)19(28-10-11)20(31)30-5-6-32-18-4-1-12(24)8-17(18)30/h1-4,7-10,29H,5-6H2. The Labute approximate surface area is 210 Å². The maximum absolute atomic E-state index is 13.8. The molecule has 0 spiro atoms. The van der Waals surface area contributed by atoms with E-state index in [9.17, 15) is 22.4 Å². The quantitative estimate of drug-likeness (QED) is 0.0930. The second kappa shape index (κ2) is 10.4. The van der Waals surface area contributed by atoms with Gasteiger partial charge in [0, 0.05) is 12.3 Å². The number of anilines is 2. The first-order valence-corrected chi connectivity index (χ1v) is 11.2. The molecule has 1 amide bonds. The summed E-state index contributed by atoms with van der Waals surface area (Å²) in [6.45, 7) is 0.331. The number of carbonyl (C=O) groups is 1. The second-order valence-electron chi connectivity index (χ2n) is 6.94. The first-order chi connectivity index (χ1) is 16.6. The van der Waals surface area contributed by atoms with Crippen molar-refractivity contribution in [2.75, 3.05) is 22.8 Å². The minimum atomic E-state index is -4.68. The molecule has 4 rings (SSSR count). The third-order valence-corrected chi connectivity index (χ3v) is 5.62. The minimum Gasteiger partial charge on any atom is -0.490 e. The van der Waals surface area contributed by atoms with Crippen LogP contribution in [0, 0.1) is 5.82 Å². The Morgan fingerprint density at radius 1 is 1.17 bits per heavy atom. The molecular weight excluding hydrogens is 537 g/mol. The highest BCUT2D eigenvalue weighted by molar-refractivity contribution is 7.95. The molecule has 2 aromatic carbocycles. The lowest BCUT2D eigenvalue weighted by atomic mass is 10.2. The Kier molecular flexibility index (Phi) is 7.45. The number of nitrogens with zero attached hydrogens (tertiary/aromatic N) is 2. The van der Waals surface area contributed by atoms with E-state index in [1.165, 1.54) is 41.4 Å². The molecule has 1 aromatic heterocycles. The number of amides is 1. The van der Waals surface area contributed by atoms with Crippen LogP contribution in [0.25, 0.3) is 0 Å². The summed E-state index contributed by atoms with van der Waals surface area (Å²) in [6.07, 6.45) is -3.42. The summed E-state index contributed by atoms with van der Waals surface area (Å²) < 4.78 is 65.7. The third kappa shape index (κ3) is 5.84. The maximum Gasteiger partial charge on any atom is 0.417 e. The number of nitrogens with one attached hydrogen (secondary N) is 1. The summed E-state index contributed by atoms with van der Waals surface area (Å²) in [5.74, 6) is -1.05. The van der Waals surface area contributed by atoms with E-state index in [1.54, 1.807) is 0 Å². The lowest BCUT2D eigenvalue weighted by molar-refractivity contribution is -0.138. The van der Waals surface area contributed by atoms with E-state index >= 15 is 0 Å². The first kappa shape index (κ1) is 25.2.